The fourth-order valence-electron chi connectivity index (χ4n) is 2.36. The van der Waals surface area contributed by atoms with E-state index in [9.17, 15) is 4.79 Å². The van der Waals surface area contributed by atoms with Crippen molar-refractivity contribution in [3.8, 4) is 0 Å². The summed E-state index contributed by atoms with van der Waals surface area (Å²) < 4.78 is 1.81. The number of likely N-dealkylation sites (N-methyl/N-ethyl adjacent to an activating group) is 1. The Morgan fingerprint density at radius 2 is 2.19 bits per heavy atom. The molecule has 1 aliphatic heterocycles. The van der Waals surface area contributed by atoms with Crippen molar-refractivity contribution < 1.29 is 0 Å². The van der Waals surface area contributed by atoms with E-state index in [0.29, 0.717) is 6.54 Å². The molecule has 4 heteroatoms. The Labute approximate surface area is 95.9 Å². The van der Waals surface area contributed by atoms with Gasteiger partial charge in [-0.05, 0) is 25.7 Å². The van der Waals surface area contributed by atoms with Gasteiger partial charge in [-0.25, -0.2) is 0 Å². The molecule has 0 saturated heterocycles. The third kappa shape index (κ3) is 1.90. The van der Waals surface area contributed by atoms with Crippen LogP contribution < -0.4 is 10.9 Å². The molecule has 0 saturated carbocycles. The largest absolute Gasteiger partial charge is 0.315 e. The molecule has 16 heavy (non-hydrogen) atoms. The van der Waals surface area contributed by atoms with Gasteiger partial charge in [-0.2, -0.15) is 0 Å². The summed E-state index contributed by atoms with van der Waals surface area (Å²) in [6.07, 6.45) is 0.970. The summed E-state index contributed by atoms with van der Waals surface area (Å²) in [6, 6.07) is 2.06. The van der Waals surface area contributed by atoms with Gasteiger partial charge < -0.3 is 14.8 Å². The van der Waals surface area contributed by atoms with Crippen molar-refractivity contribution in [2.75, 3.05) is 20.6 Å². The van der Waals surface area contributed by atoms with Crippen LogP contribution in [0.4, 0.5) is 0 Å². The van der Waals surface area contributed by atoms with Gasteiger partial charge in [0.25, 0.3) is 5.56 Å². The van der Waals surface area contributed by atoms with Gasteiger partial charge in [0.15, 0.2) is 0 Å². The van der Waals surface area contributed by atoms with Crippen LogP contribution in [0.2, 0.25) is 0 Å². The first kappa shape index (κ1) is 11.4. The number of nitrogens with one attached hydrogen (secondary N) is 1. The van der Waals surface area contributed by atoms with Crippen LogP contribution in [0.3, 0.4) is 0 Å². The molecule has 0 unspecified atom stereocenters. The van der Waals surface area contributed by atoms with Crippen LogP contribution in [0.15, 0.2) is 10.9 Å². The molecule has 1 aromatic rings. The molecule has 1 N–H and O–H groups in total. The number of pyridine rings is 1. The fourth-order valence-corrected chi connectivity index (χ4v) is 2.36. The van der Waals surface area contributed by atoms with Crippen LogP contribution in [0.25, 0.3) is 0 Å². The summed E-state index contributed by atoms with van der Waals surface area (Å²) in [5, 5.41) is 3.04. The Bertz CT molecular complexity index is 450. The molecule has 0 amide bonds. The number of hydrogen-bond donors (Lipinski definition) is 1. The van der Waals surface area contributed by atoms with Crippen LogP contribution in [0.1, 0.15) is 16.8 Å². The van der Waals surface area contributed by atoms with Crippen molar-refractivity contribution in [3.63, 3.8) is 0 Å². The third-order valence-corrected chi connectivity index (χ3v) is 3.24. The topological polar surface area (TPSA) is 37.3 Å². The lowest BCUT2D eigenvalue weighted by Gasteiger charge is -2.27. The van der Waals surface area contributed by atoms with E-state index >= 15 is 0 Å². The van der Waals surface area contributed by atoms with E-state index in [1.807, 2.05) is 18.7 Å². The zero-order valence-electron chi connectivity index (χ0n) is 10.2. The van der Waals surface area contributed by atoms with Gasteiger partial charge >= 0.3 is 0 Å². The Balaban J connectivity index is 2.50. The molecule has 0 fully saturated rings. The Morgan fingerprint density at radius 1 is 1.44 bits per heavy atom. The van der Waals surface area contributed by atoms with E-state index in [2.05, 4.69) is 23.3 Å². The quantitative estimate of drug-likeness (QED) is 0.769. The van der Waals surface area contributed by atoms with Gasteiger partial charge in [-0.15, -0.1) is 0 Å². The minimum Gasteiger partial charge on any atom is -0.315 e. The maximum absolute atomic E-state index is 12.0. The SMILES string of the molecule is CNCc1cc2c(n(C)c1=O)CCN(C)C2. The smallest absolute Gasteiger partial charge is 0.255 e. The van der Waals surface area contributed by atoms with Crippen molar-refractivity contribution >= 4 is 0 Å². The first-order valence-corrected chi connectivity index (χ1v) is 5.67. The molecular formula is C12H19N3O. The lowest BCUT2D eigenvalue weighted by atomic mass is 10.0. The molecule has 2 rings (SSSR count). The predicted molar refractivity (Wildman–Crippen MR) is 64.5 cm³/mol. The van der Waals surface area contributed by atoms with Crippen LogP contribution in [0, 0.1) is 0 Å². The monoisotopic (exact) mass is 221 g/mol. The second-order valence-electron chi connectivity index (χ2n) is 4.52. The number of rotatable bonds is 2. The van der Waals surface area contributed by atoms with Crippen LogP contribution in [-0.4, -0.2) is 30.1 Å². The molecule has 0 radical (unpaired) electrons. The van der Waals surface area contributed by atoms with Gasteiger partial charge in [-0.3, -0.25) is 4.79 Å². The number of hydrogen-bond acceptors (Lipinski definition) is 3. The number of aromatic nitrogens is 1. The Kier molecular flexibility index (Phi) is 3.12. The molecule has 1 aliphatic rings. The first-order chi connectivity index (χ1) is 7.63. The first-order valence-electron chi connectivity index (χ1n) is 5.67. The van der Waals surface area contributed by atoms with Crippen LogP contribution in [-0.2, 0) is 26.6 Å². The average Bonchev–Trinajstić information content (AvgIpc) is 2.25. The second-order valence-corrected chi connectivity index (χ2v) is 4.52. The molecule has 0 atom stereocenters. The van der Waals surface area contributed by atoms with Crippen molar-refractivity contribution in [2.24, 2.45) is 7.05 Å². The zero-order valence-corrected chi connectivity index (χ0v) is 10.2. The minimum atomic E-state index is 0.137. The van der Waals surface area contributed by atoms with Gasteiger partial charge in [0.2, 0.25) is 0 Å². The molecule has 0 bridgehead atoms. The van der Waals surface area contributed by atoms with E-state index < -0.39 is 0 Å². The Morgan fingerprint density at radius 3 is 2.88 bits per heavy atom. The number of fused-ring (bicyclic) bond motifs is 1. The normalized spacial score (nSPS) is 16.2. The predicted octanol–water partition coefficient (Wildman–Crippen LogP) is 0.0926. The minimum absolute atomic E-state index is 0.137. The highest BCUT2D eigenvalue weighted by Crippen LogP contribution is 2.16. The highest BCUT2D eigenvalue weighted by molar-refractivity contribution is 5.28. The van der Waals surface area contributed by atoms with E-state index in [-0.39, 0.29) is 5.56 Å². The average molecular weight is 221 g/mol. The lowest BCUT2D eigenvalue weighted by molar-refractivity contribution is 0.305. The van der Waals surface area contributed by atoms with E-state index in [1.165, 1.54) is 11.3 Å². The van der Waals surface area contributed by atoms with Gasteiger partial charge in [0.05, 0.1) is 0 Å². The summed E-state index contributed by atoms with van der Waals surface area (Å²) in [5.74, 6) is 0. The van der Waals surface area contributed by atoms with Gasteiger partial charge in [0, 0.05) is 44.4 Å². The van der Waals surface area contributed by atoms with Crippen molar-refractivity contribution in [2.45, 2.75) is 19.5 Å². The highest BCUT2D eigenvalue weighted by atomic mass is 16.1. The summed E-state index contributed by atoms with van der Waals surface area (Å²) in [7, 11) is 5.86. The molecule has 1 aromatic heterocycles. The van der Waals surface area contributed by atoms with Gasteiger partial charge in [-0.1, -0.05) is 0 Å². The molecule has 2 heterocycles. The molecule has 0 aromatic carbocycles. The van der Waals surface area contributed by atoms with E-state index in [1.54, 1.807) is 0 Å². The highest BCUT2D eigenvalue weighted by Gasteiger charge is 2.17. The second kappa shape index (κ2) is 4.39. The zero-order chi connectivity index (χ0) is 11.7. The maximum Gasteiger partial charge on any atom is 0.255 e. The summed E-state index contributed by atoms with van der Waals surface area (Å²) >= 11 is 0. The summed E-state index contributed by atoms with van der Waals surface area (Å²) in [6.45, 7) is 2.62. The van der Waals surface area contributed by atoms with Gasteiger partial charge in [0.1, 0.15) is 0 Å². The van der Waals surface area contributed by atoms with E-state index in [0.717, 1.165) is 25.1 Å². The van der Waals surface area contributed by atoms with Crippen molar-refractivity contribution in [1.82, 2.24) is 14.8 Å². The lowest BCUT2D eigenvalue weighted by Crippen LogP contribution is -2.34. The molecule has 88 valence electrons. The van der Waals surface area contributed by atoms with E-state index in [4.69, 9.17) is 0 Å². The third-order valence-electron chi connectivity index (χ3n) is 3.24. The molecule has 0 spiro atoms. The molecule has 0 aliphatic carbocycles. The summed E-state index contributed by atoms with van der Waals surface area (Å²) in [5.41, 5.74) is 3.49. The molecule has 4 nitrogen and oxygen atoms in total. The molecular weight excluding hydrogens is 202 g/mol. The number of nitrogens with zero attached hydrogens (tertiary/aromatic N) is 2. The summed E-state index contributed by atoms with van der Waals surface area (Å²) in [4.78, 5) is 14.3. The maximum atomic E-state index is 12.0. The standard InChI is InChI=1S/C12H19N3O/c1-13-7-9-6-10-8-14(2)5-4-11(10)15(3)12(9)16/h6,13H,4-5,7-8H2,1-3H3. The fraction of sp³-hybridized carbons (Fsp3) is 0.583. The van der Waals surface area contributed by atoms with Crippen molar-refractivity contribution in [3.05, 3.63) is 33.2 Å². The van der Waals surface area contributed by atoms with Crippen molar-refractivity contribution in [1.29, 1.82) is 0 Å². The van der Waals surface area contributed by atoms with Crippen LogP contribution >= 0.6 is 0 Å². The van der Waals surface area contributed by atoms with Crippen LogP contribution in [0.5, 0.6) is 0 Å². The Hall–Kier alpha value is -1.13.